The Kier molecular flexibility index (Phi) is 11.2. The summed E-state index contributed by atoms with van der Waals surface area (Å²) in [5, 5.41) is 50.0. The number of anilines is 1. The van der Waals surface area contributed by atoms with E-state index in [1.54, 1.807) is 25.1 Å². The summed E-state index contributed by atoms with van der Waals surface area (Å²) in [6, 6.07) is 6.36. The summed E-state index contributed by atoms with van der Waals surface area (Å²) in [7, 11) is 0. The van der Waals surface area contributed by atoms with Crippen molar-refractivity contribution in [3.8, 4) is 24.2 Å². The quantitative estimate of drug-likeness (QED) is 0.0607. The molecule has 8 atom stereocenters. The van der Waals surface area contributed by atoms with E-state index in [2.05, 4.69) is 43.2 Å². The molecule has 0 radical (unpaired) electrons. The summed E-state index contributed by atoms with van der Waals surface area (Å²) in [4.78, 5) is 37.1. The molecule has 0 saturated carbocycles. The Morgan fingerprint density at radius 1 is 1.27 bits per heavy atom. The number of nitroso groups, excluding NO2 is 1. The van der Waals surface area contributed by atoms with E-state index in [9.17, 15) is 30.1 Å². The maximum Gasteiger partial charge on any atom is 0.287 e. The second-order valence-electron chi connectivity index (χ2n) is 11.8. The number of carbonyl (C=O) groups excluding carboxylic acids is 1. The number of benzene rings is 1. The first-order valence-electron chi connectivity index (χ1n) is 15.7. The molecule has 2 fully saturated rings. The van der Waals surface area contributed by atoms with Gasteiger partial charge in [0.1, 0.15) is 36.9 Å². The van der Waals surface area contributed by atoms with Crippen LogP contribution in [0.5, 0.6) is 0 Å². The highest BCUT2D eigenvalue weighted by atomic mass is 16.7. The van der Waals surface area contributed by atoms with E-state index in [-0.39, 0.29) is 48.0 Å². The first kappa shape index (κ1) is 35.7. The SMILES string of the molecule is C#CCCCN(CC#Cc1nc2c(N)ncnc2n1C1(O)OC(CNC(CC)N=O)[C@@H]1O)CC1OC(c2cccc(C(N)=O)c2)C(O)C1O. The van der Waals surface area contributed by atoms with Crippen molar-refractivity contribution in [2.24, 2.45) is 10.9 Å². The van der Waals surface area contributed by atoms with E-state index in [0.717, 1.165) is 4.57 Å². The molecular formula is C32H39N9O8. The normalized spacial score (nSPS) is 26.9. The number of fused-ring (bicyclic) bond motifs is 1. The van der Waals surface area contributed by atoms with Gasteiger partial charge in [-0.25, -0.2) is 19.5 Å². The molecule has 2 aliphatic rings. The molecule has 1 aromatic carbocycles. The first-order chi connectivity index (χ1) is 23.5. The number of amides is 1. The van der Waals surface area contributed by atoms with Gasteiger partial charge in [-0.2, -0.15) is 0 Å². The van der Waals surface area contributed by atoms with Crippen LogP contribution < -0.4 is 16.8 Å². The lowest BCUT2D eigenvalue weighted by Crippen LogP contribution is -2.68. The molecular weight excluding hydrogens is 638 g/mol. The Bertz CT molecular complexity index is 1770. The number of aromatic nitrogens is 4. The maximum atomic E-state index is 11.7. The van der Waals surface area contributed by atoms with Crippen LogP contribution in [0.4, 0.5) is 5.82 Å². The van der Waals surface area contributed by atoms with E-state index in [1.807, 2.05) is 4.90 Å². The molecule has 5 rings (SSSR count). The van der Waals surface area contributed by atoms with Crippen LogP contribution in [0.25, 0.3) is 11.2 Å². The van der Waals surface area contributed by atoms with E-state index in [0.29, 0.717) is 31.4 Å². The summed E-state index contributed by atoms with van der Waals surface area (Å²) in [5.74, 6) is 5.55. The number of nitrogens with two attached hydrogens (primary N) is 2. The molecule has 49 heavy (non-hydrogen) atoms. The van der Waals surface area contributed by atoms with Gasteiger partial charge in [0.25, 0.3) is 5.91 Å². The number of unbranched alkanes of at least 4 members (excludes halogenated alkanes) is 1. The predicted molar refractivity (Wildman–Crippen MR) is 175 cm³/mol. The zero-order valence-corrected chi connectivity index (χ0v) is 26.7. The minimum atomic E-state index is -2.31. The Hall–Kier alpha value is -4.56. The monoisotopic (exact) mass is 677 g/mol. The number of ether oxygens (including phenoxy) is 2. The minimum absolute atomic E-state index is 0.0167. The first-order valence-corrected chi connectivity index (χ1v) is 15.7. The van der Waals surface area contributed by atoms with Gasteiger partial charge in [0.05, 0.1) is 12.6 Å². The van der Waals surface area contributed by atoms with Crippen molar-refractivity contribution in [3.05, 3.63) is 52.5 Å². The van der Waals surface area contributed by atoms with Crippen molar-refractivity contribution in [1.29, 1.82) is 0 Å². The largest absolute Gasteiger partial charge is 0.388 e. The third kappa shape index (κ3) is 7.39. The number of nitrogens with one attached hydrogen (secondary N) is 1. The second-order valence-corrected chi connectivity index (χ2v) is 11.8. The van der Waals surface area contributed by atoms with E-state index in [1.165, 1.54) is 12.4 Å². The third-order valence-electron chi connectivity index (χ3n) is 8.52. The topological polar surface area (TPSA) is 257 Å². The molecule has 9 N–H and O–H groups in total. The lowest BCUT2D eigenvalue weighted by atomic mass is 9.99. The molecule has 2 saturated heterocycles. The number of rotatable bonds is 14. The van der Waals surface area contributed by atoms with Gasteiger partial charge in [-0.1, -0.05) is 30.2 Å². The van der Waals surface area contributed by atoms with Gasteiger partial charge in [0.15, 0.2) is 28.9 Å². The average Bonchev–Trinajstić information content (AvgIpc) is 3.61. The molecule has 0 aliphatic carbocycles. The number of imidazole rings is 1. The second kappa shape index (κ2) is 15.3. The molecule has 2 aromatic heterocycles. The van der Waals surface area contributed by atoms with Gasteiger partial charge in [-0.15, -0.1) is 17.3 Å². The van der Waals surface area contributed by atoms with Crippen LogP contribution in [0.1, 0.15) is 54.0 Å². The summed E-state index contributed by atoms with van der Waals surface area (Å²) in [5.41, 5.74) is 12.4. The highest BCUT2D eigenvalue weighted by molar-refractivity contribution is 5.92. The molecule has 260 valence electrons. The van der Waals surface area contributed by atoms with Crippen LogP contribution in [0.2, 0.25) is 0 Å². The Labute approximate surface area is 281 Å². The van der Waals surface area contributed by atoms with Crippen molar-refractivity contribution in [3.63, 3.8) is 0 Å². The summed E-state index contributed by atoms with van der Waals surface area (Å²) in [6.07, 6.45) is 0.866. The van der Waals surface area contributed by atoms with Gasteiger partial charge in [0, 0.05) is 31.6 Å². The van der Waals surface area contributed by atoms with Crippen molar-refractivity contribution in [2.75, 3.05) is 31.9 Å². The highest BCUT2D eigenvalue weighted by Crippen LogP contribution is 2.39. The molecule has 2 aliphatic heterocycles. The fourth-order valence-corrected chi connectivity index (χ4v) is 5.84. The zero-order chi connectivity index (χ0) is 35.3. The zero-order valence-electron chi connectivity index (χ0n) is 26.7. The summed E-state index contributed by atoms with van der Waals surface area (Å²) < 4.78 is 12.9. The number of primary amides is 1. The molecule has 1 amide bonds. The lowest BCUT2D eigenvalue weighted by Gasteiger charge is -2.48. The van der Waals surface area contributed by atoms with Crippen molar-refractivity contribution < 1.29 is 34.7 Å². The van der Waals surface area contributed by atoms with Crippen molar-refractivity contribution in [2.45, 2.75) is 74.9 Å². The van der Waals surface area contributed by atoms with E-state index in [4.69, 9.17) is 27.4 Å². The number of nitrogen functional groups attached to an aromatic ring is 1. The smallest absolute Gasteiger partial charge is 0.287 e. The van der Waals surface area contributed by atoms with Crippen LogP contribution in [-0.4, -0.2) is 114 Å². The molecule has 17 heteroatoms. The number of nitrogens with zero attached hydrogens (tertiary/aromatic N) is 6. The molecule has 0 bridgehead atoms. The summed E-state index contributed by atoms with van der Waals surface area (Å²) >= 11 is 0. The van der Waals surface area contributed by atoms with E-state index < -0.39 is 54.6 Å². The standard InChI is InChI=1S/C32H39N9O8/c1-3-5-6-12-40(16-21-25(42)26(43)27(48-21)18-9-7-10-19(14-18)30(34)45)13-8-11-23-38-24-29(33)36-17-37-31(24)41(23)32(46)28(44)20(49-32)15-35-22(4-2)39-47/h1,7,9-10,14,17,20-22,25-28,35,42-44,46H,4-6,12-13,15-16H2,2H3,(H2,34,45)(H2,33,36,37)/t20?,21?,22?,25?,26?,27?,28-,32?/m0/s1. The van der Waals surface area contributed by atoms with Crippen LogP contribution in [0.3, 0.4) is 0 Å². The third-order valence-corrected chi connectivity index (χ3v) is 8.52. The highest BCUT2D eigenvalue weighted by Gasteiger charge is 2.57. The molecule has 0 spiro atoms. The van der Waals surface area contributed by atoms with Gasteiger partial charge >= 0.3 is 0 Å². The number of terminal acetylenes is 1. The van der Waals surface area contributed by atoms with Crippen LogP contribution in [-0.2, 0) is 15.4 Å². The number of hydrogen-bond donors (Lipinski definition) is 7. The lowest BCUT2D eigenvalue weighted by molar-refractivity contribution is -0.428. The Morgan fingerprint density at radius 2 is 2.06 bits per heavy atom. The van der Waals surface area contributed by atoms with Gasteiger partial charge in [-0.05, 0) is 36.5 Å². The Balaban J connectivity index is 1.36. The Morgan fingerprint density at radius 3 is 2.76 bits per heavy atom. The fourth-order valence-electron chi connectivity index (χ4n) is 5.84. The average molecular weight is 678 g/mol. The maximum absolute atomic E-state index is 11.7. The van der Waals surface area contributed by atoms with Gasteiger partial charge < -0.3 is 41.4 Å². The van der Waals surface area contributed by atoms with Crippen molar-refractivity contribution >= 4 is 22.9 Å². The molecule has 17 nitrogen and oxygen atoms in total. The number of aliphatic hydroxyl groups is 4. The fraction of sp³-hybridized carbons (Fsp3) is 0.500. The summed E-state index contributed by atoms with van der Waals surface area (Å²) in [6.45, 7) is 2.55. The molecule has 3 aromatic rings. The van der Waals surface area contributed by atoms with Crippen LogP contribution >= 0.6 is 0 Å². The van der Waals surface area contributed by atoms with Gasteiger partial charge in [0.2, 0.25) is 5.91 Å². The van der Waals surface area contributed by atoms with Gasteiger partial charge in [-0.3, -0.25) is 15.0 Å². The van der Waals surface area contributed by atoms with Crippen LogP contribution in [0, 0.1) is 29.1 Å². The molecule has 7 unspecified atom stereocenters. The molecule has 4 heterocycles. The predicted octanol–water partition coefficient (Wildman–Crippen LogP) is -1.11. The number of aliphatic hydroxyl groups excluding tert-OH is 3. The number of carbonyl (C=O) groups is 1. The van der Waals surface area contributed by atoms with Crippen LogP contribution in [0.15, 0.2) is 35.8 Å². The van der Waals surface area contributed by atoms with Crippen molar-refractivity contribution in [1.82, 2.24) is 29.7 Å². The minimum Gasteiger partial charge on any atom is -0.388 e. The van der Waals surface area contributed by atoms with E-state index >= 15 is 0 Å². The number of hydrogen-bond acceptors (Lipinski definition) is 15.